The van der Waals surface area contributed by atoms with E-state index in [1.807, 2.05) is 24.3 Å². The van der Waals surface area contributed by atoms with Crippen molar-refractivity contribution in [3.8, 4) is 11.1 Å². The lowest BCUT2D eigenvalue weighted by atomic mass is 9.98. The minimum atomic E-state index is -0.186. The van der Waals surface area contributed by atoms with E-state index in [9.17, 15) is 4.79 Å². The van der Waals surface area contributed by atoms with Gasteiger partial charge in [-0.2, -0.15) is 0 Å². The van der Waals surface area contributed by atoms with Gasteiger partial charge in [0.15, 0.2) is 0 Å². The van der Waals surface area contributed by atoms with Crippen LogP contribution in [0.1, 0.15) is 29.9 Å². The van der Waals surface area contributed by atoms with Crippen LogP contribution >= 0.6 is 12.4 Å². The van der Waals surface area contributed by atoms with Gasteiger partial charge in [-0.1, -0.05) is 48.5 Å². The number of rotatable bonds is 14. The first-order valence-corrected chi connectivity index (χ1v) is 10.6. The maximum Gasteiger partial charge on any atom is 0.305 e. The van der Waals surface area contributed by atoms with Gasteiger partial charge in [0, 0.05) is 25.5 Å². The molecule has 0 spiro atoms. The van der Waals surface area contributed by atoms with E-state index in [2.05, 4.69) is 24.3 Å². The number of fused-ring (bicyclic) bond motifs is 3. The van der Waals surface area contributed by atoms with Crippen molar-refractivity contribution >= 4 is 18.4 Å². The number of halogens is 1. The molecule has 2 N–H and O–H groups in total. The standard InChI is InChI=1S/C24H31NO5.ClH/c25-11-13-28-15-17-29-16-14-27-12-5-10-24(26)30-18-23-21-8-3-1-6-19(21)20-7-2-4-9-22(20)23;/h1-4,6-9,23H,5,10-18,25H2;1H. The molecule has 170 valence electrons. The second-order valence-corrected chi connectivity index (χ2v) is 7.14. The molecule has 1 aliphatic carbocycles. The first-order chi connectivity index (χ1) is 14.8. The molecule has 0 bridgehead atoms. The Labute approximate surface area is 190 Å². The van der Waals surface area contributed by atoms with Crippen molar-refractivity contribution in [2.75, 3.05) is 52.8 Å². The molecule has 0 saturated carbocycles. The molecule has 0 aromatic heterocycles. The van der Waals surface area contributed by atoms with Crippen LogP contribution in [0.3, 0.4) is 0 Å². The Balaban J connectivity index is 0.00000341. The van der Waals surface area contributed by atoms with Crippen LogP contribution in [0.4, 0.5) is 0 Å². The molecule has 0 heterocycles. The van der Waals surface area contributed by atoms with Gasteiger partial charge in [0.25, 0.3) is 0 Å². The van der Waals surface area contributed by atoms with E-state index in [1.165, 1.54) is 22.3 Å². The quantitative estimate of drug-likeness (QED) is 0.351. The van der Waals surface area contributed by atoms with Gasteiger partial charge in [0.05, 0.1) is 33.0 Å². The van der Waals surface area contributed by atoms with Crippen LogP contribution in [0.25, 0.3) is 11.1 Å². The first kappa shape index (κ1) is 25.3. The Kier molecular flexibility index (Phi) is 11.6. The van der Waals surface area contributed by atoms with Crippen LogP contribution in [0, 0.1) is 0 Å². The van der Waals surface area contributed by atoms with Crippen LogP contribution in [0.5, 0.6) is 0 Å². The molecule has 3 rings (SSSR count). The summed E-state index contributed by atoms with van der Waals surface area (Å²) in [6, 6.07) is 16.7. The third-order valence-corrected chi connectivity index (χ3v) is 5.05. The molecule has 2 aromatic rings. The van der Waals surface area contributed by atoms with Gasteiger partial charge in [-0.25, -0.2) is 0 Å². The molecular formula is C24H32ClNO5. The minimum Gasteiger partial charge on any atom is -0.465 e. The average Bonchev–Trinajstić information content (AvgIpc) is 3.10. The van der Waals surface area contributed by atoms with Gasteiger partial charge in [-0.05, 0) is 28.7 Å². The molecule has 1 aliphatic rings. The largest absolute Gasteiger partial charge is 0.465 e. The summed E-state index contributed by atoms with van der Waals surface area (Å²) in [5, 5.41) is 0. The summed E-state index contributed by atoms with van der Waals surface area (Å²) in [7, 11) is 0. The van der Waals surface area contributed by atoms with Gasteiger partial charge in [0.1, 0.15) is 6.61 Å². The molecule has 0 amide bonds. The molecule has 31 heavy (non-hydrogen) atoms. The van der Waals surface area contributed by atoms with E-state index in [0.717, 1.165) is 0 Å². The van der Waals surface area contributed by atoms with Crippen LogP contribution in [0.15, 0.2) is 48.5 Å². The molecule has 0 atom stereocenters. The number of hydrogen-bond donors (Lipinski definition) is 1. The summed E-state index contributed by atoms with van der Waals surface area (Å²) in [5.41, 5.74) is 10.2. The SMILES string of the molecule is Cl.NCCOCCOCCOCCCC(=O)OCC1c2ccccc2-c2ccccc21. The summed E-state index contributed by atoms with van der Waals surface area (Å²) in [5.74, 6) is -0.0858. The van der Waals surface area contributed by atoms with Gasteiger partial charge < -0.3 is 24.7 Å². The predicted molar refractivity (Wildman–Crippen MR) is 123 cm³/mol. The number of carbonyl (C=O) groups excluding carboxylic acids is 1. The van der Waals surface area contributed by atoms with Crippen LogP contribution in [-0.4, -0.2) is 58.8 Å². The summed E-state index contributed by atoms with van der Waals surface area (Å²) in [6.07, 6.45) is 0.986. The lowest BCUT2D eigenvalue weighted by Crippen LogP contribution is -2.14. The Morgan fingerprint density at radius 3 is 1.87 bits per heavy atom. The second kappa shape index (κ2) is 14.2. The Morgan fingerprint density at radius 1 is 0.774 bits per heavy atom. The molecule has 0 unspecified atom stereocenters. The number of carbonyl (C=O) groups is 1. The topological polar surface area (TPSA) is 80.0 Å². The number of ether oxygens (including phenoxy) is 4. The van der Waals surface area contributed by atoms with Gasteiger partial charge in [0.2, 0.25) is 0 Å². The van der Waals surface area contributed by atoms with E-state index in [1.54, 1.807) is 0 Å². The number of hydrogen-bond acceptors (Lipinski definition) is 6. The van der Waals surface area contributed by atoms with E-state index >= 15 is 0 Å². The molecular weight excluding hydrogens is 418 g/mol. The highest BCUT2D eigenvalue weighted by atomic mass is 35.5. The van der Waals surface area contributed by atoms with Gasteiger partial charge in [-0.15, -0.1) is 12.4 Å². The van der Waals surface area contributed by atoms with Gasteiger partial charge in [-0.3, -0.25) is 4.79 Å². The fourth-order valence-corrected chi connectivity index (χ4v) is 3.63. The maximum absolute atomic E-state index is 12.2. The molecule has 7 heteroatoms. The number of nitrogens with two attached hydrogens (primary N) is 1. The smallest absolute Gasteiger partial charge is 0.305 e. The lowest BCUT2D eigenvalue weighted by Gasteiger charge is -2.14. The Morgan fingerprint density at radius 2 is 1.29 bits per heavy atom. The minimum absolute atomic E-state index is 0. The molecule has 6 nitrogen and oxygen atoms in total. The molecule has 0 radical (unpaired) electrons. The number of esters is 1. The van der Waals surface area contributed by atoms with Gasteiger partial charge >= 0.3 is 5.97 Å². The zero-order valence-corrected chi connectivity index (χ0v) is 18.6. The number of benzene rings is 2. The van der Waals surface area contributed by atoms with Crippen molar-refractivity contribution in [3.05, 3.63) is 59.7 Å². The highest BCUT2D eigenvalue weighted by molar-refractivity contribution is 5.85. The van der Waals surface area contributed by atoms with E-state index in [4.69, 9.17) is 24.7 Å². The predicted octanol–water partition coefficient (Wildman–Crippen LogP) is 3.55. The molecule has 0 saturated heterocycles. The lowest BCUT2D eigenvalue weighted by molar-refractivity contribution is -0.144. The monoisotopic (exact) mass is 449 g/mol. The van der Waals surface area contributed by atoms with Crippen molar-refractivity contribution in [1.29, 1.82) is 0 Å². The van der Waals surface area contributed by atoms with Crippen molar-refractivity contribution < 1.29 is 23.7 Å². The summed E-state index contributed by atoms with van der Waals surface area (Å²) in [6.45, 7) is 4.04. The molecule has 0 aliphatic heterocycles. The Hall–Kier alpha value is -1.96. The molecule has 0 fully saturated rings. The fraction of sp³-hybridized carbons (Fsp3) is 0.458. The summed E-state index contributed by atoms with van der Waals surface area (Å²) >= 11 is 0. The van der Waals surface area contributed by atoms with Crippen molar-refractivity contribution in [1.82, 2.24) is 0 Å². The van der Waals surface area contributed by atoms with Crippen molar-refractivity contribution in [2.24, 2.45) is 5.73 Å². The Bertz CT molecular complexity index is 756. The van der Waals surface area contributed by atoms with Crippen LogP contribution in [-0.2, 0) is 23.7 Å². The average molecular weight is 450 g/mol. The van der Waals surface area contributed by atoms with Crippen molar-refractivity contribution in [3.63, 3.8) is 0 Å². The summed E-state index contributed by atoms with van der Waals surface area (Å²) < 4.78 is 21.7. The zero-order chi connectivity index (χ0) is 21.0. The second-order valence-electron chi connectivity index (χ2n) is 7.14. The first-order valence-electron chi connectivity index (χ1n) is 10.6. The highest BCUT2D eigenvalue weighted by Gasteiger charge is 2.28. The fourth-order valence-electron chi connectivity index (χ4n) is 3.63. The van der Waals surface area contributed by atoms with E-state index in [-0.39, 0.29) is 24.3 Å². The van der Waals surface area contributed by atoms with Crippen LogP contribution in [0.2, 0.25) is 0 Å². The third kappa shape index (κ3) is 7.59. The third-order valence-electron chi connectivity index (χ3n) is 5.05. The summed E-state index contributed by atoms with van der Waals surface area (Å²) in [4.78, 5) is 12.2. The van der Waals surface area contributed by atoms with E-state index in [0.29, 0.717) is 65.6 Å². The normalized spacial score (nSPS) is 12.2. The van der Waals surface area contributed by atoms with Crippen LogP contribution < -0.4 is 5.73 Å². The zero-order valence-electron chi connectivity index (χ0n) is 17.8. The van der Waals surface area contributed by atoms with E-state index < -0.39 is 0 Å². The maximum atomic E-state index is 12.2. The van der Waals surface area contributed by atoms with Crippen molar-refractivity contribution in [2.45, 2.75) is 18.8 Å². The highest BCUT2D eigenvalue weighted by Crippen LogP contribution is 2.44. The molecule has 2 aromatic carbocycles.